The van der Waals surface area contributed by atoms with Crippen molar-refractivity contribution in [3.8, 4) is 11.3 Å². The number of aromatic amines is 1. The lowest BCUT2D eigenvalue weighted by atomic mass is 9.95. The second-order valence-electron chi connectivity index (χ2n) is 8.72. The Bertz CT molecular complexity index is 1580. The van der Waals surface area contributed by atoms with Gasteiger partial charge >= 0.3 is 0 Å². The summed E-state index contributed by atoms with van der Waals surface area (Å²) in [7, 11) is 0. The number of hydrogen-bond donors (Lipinski definition) is 1. The van der Waals surface area contributed by atoms with Gasteiger partial charge in [-0.1, -0.05) is 42.5 Å². The third kappa shape index (κ3) is 3.01. The smallest absolute Gasteiger partial charge is 0.134 e. The third-order valence-electron chi connectivity index (χ3n) is 6.75. The number of aromatic nitrogens is 3. The number of para-hydroxylation sites is 2. The zero-order chi connectivity index (χ0) is 22.5. The van der Waals surface area contributed by atoms with Crippen molar-refractivity contribution < 1.29 is 4.42 Å². The Morgan fingerprint density at radius 2 is 1.76 bits per heavy atom. The topological polar surface area (TPSA) is 58.0 Å². The Morgan fingerprint density at radius 1 is 0.882 bits per heavy atom. The molecule has 1 atom stereocenters. The highest BCUT2D eigenvalue weighted by atomic mass is 16.3. The van der Waals surface area contributed by atoms with Crippen molar-refractivity contribution in [2.24, 2.45) is 0 Å². The van der Waals surface area contributed by atoms with Crippen molar-refractivity contribution in [3.63, 3.8) is 0 Å². The van der Waals surface area contributed by atoms with Crippen LogP contribution in [0.4, 0.5) is 5.82 Å². The van der Waals surface area contributed by atoms with E-state index < -0.39 is 0 Å². The first-order valence-electron chi connectivity index (χ1n) is 11.6. The molecule has 0 aliphatic carbocycles. The second-order valence-corrected chi connectivity index (χ2v) is 8.72. The highest BCUT2D eigenvalue weighted by Crippen LogP contribution is 2.41. The number of nitrogens with one attached hydrogen (secondary N) is 1. The largest absolute Gasteiger partial charge is 0.458 e. The van der Waals surface area contributed by atoms with Gasteiger partial charge in [0.05, 0.1) is 5.69 Å². The van der Waals surface area contributed by atoms with Crippen LogP contribution in [-0.2, 0) is 6.42 Å². The lowest BCUT2D eigenvalue weighted by Crippen LogP contribution is -2.36. The number of furan rings is 1. The zero-order valence-corrected chi connectivity index (χ0v) is 18.5. The van der Waals surface area contributed by atoms with Crippen LogP contribution in [0.5, 0.6) is 0 Å². The van der Waals surface area contributed by atoms with Crippen LogP contribution >= 0.6 is 0 Å². The van der Waals surface area contributed by atoms with Crippen molar-refractivity contribution in [2.45, 2.75) is 12.5 Å². The Balaban J connectivity index is 1.37. The maximum absolute atomic E-state index is 6.41. The number of nitrogens with zero attached hydrogens (tertiary/aromatic N) is 3. The monoisotopic (exact) mass is 442 g/mol. The summed E-state index contributed by atoms with van der Waals surface area (Å²) in [5.41, 5.74) is 6.54. The predicted octanol–water partition coefficient (Wildman–Crippen LogP) is 6.52. The Labute approximate surface area is 196 Å². The van der Waals surface area contributed by atoms with Crippen LogP contribution in [-0.4, -0.2) is 21.5 Å². The molecule has 4 aromatic heterocycles. The van der Waals surface area contributed by atoms with Crippen molar-refractivity contribution in [3.05, 3.63) is 114 Å². The van der Waals surface area contributed by atoms with E-state index in [9.17, 15) is 0 Å². The van der Waals surface area contributed by atoms with Gasteiger partial charge in [-0.05, 0) is 54.4 Å². The van der Waals surface area contributed by atoms with E-state index in [1.807, 2.05) is 48.8 Å². The summed E-state index contributed by atoms with van der Waals surface area (Å²) in [4.78, 5) is 15.4. The number of hydrogen-bond acceptors (Lipinski definition) is 4. The van der Waals surface area contributed by atoms with Gasteiger partial charge in [-0.2, -0.15) is 0 Å². The molecule has 5 heterocycles. The highest BCUT2D eigenvalue weighted by Gasteiger charge is 2.34. The second kappa shape index (κ2) is 7.59. The minimum absolute atomic E-state index is 0.0863. The van der Waals surface area contributed by atoms with Crippen LogP contribution in [0.3, 0.4) is 0 Å². The number of benzene rings is 2. The molecule has 5 heteroatoms. The molecule has 6 aromatic rings. The van der Waals surface area contributed by atoms with Gasteiger partial charge in [0, 0.05) is 46.5 Å². The molecule has 0 amide bonds. The predicted molar refractivity (Wildman–Crippen MR) is 135 cm³/mol. The summed E-state index contributed by atoms with van der Waals surface area (Å²) in [5, 5.41) is 2.40. The molecule has 1 aliphatic heterocycles. The molecule has 1 aliphatic rings. The molecular formula is C29H22N4O. The summed E-state index contributed by atoms with van der Waals surface area (Å²) in [6, 6.07) is 28.9. The van der Waals surface area contributed by atoms with Gasteiger partial charge in [-0.15, -0.1) is 0 Å². The fourth-order valence-corrected chi connectivity index (χ4v) is 5.16. The molecule has 1 unspecified atom stereocenters. The van der Waals surface area contributed by atoms with Crippen molar-refractivity contribution in [1.82, 2.24) is 15.0 Å². The van der Waals surface area contributed by atoms with E-state index in [0.717, 1.165) is 52.3 Å². The van der Waals surface area contributed by atoms with Gasteiger partial charge in [-0.3, -0.25) is 4.98 Å². The fraction of sp³-hybridized carbons (Fsp3) is 0.103. The first-order chi connectivity index (χ1) is 16.8. The van der Waals surface area contributed by atoms with Gasteiger partial charge in [0.25, 0.3) is 0 Å². The van der Waals surface area contributed by atoms with Gasteiger partial charge in [-0.25, -0.2) is 4.98 Å². The molecule has 7 rings (SSSR count). The molecule has 0 fully saturated rings. The summed E-state index contributed by atoms with van der Waals surface area (Å²) >= 11 is 0. The maximum Gasteiger partial charge on any atom is 0.134 e. The van der Waals surface area contributed by atoms with Crippen LogP contribution in [0.1, 0.15) is 23.1 Å². The molecule has 34 heavy (non-hydrogen) atoms. The third-order valence-corrected chi connectivity index (χ3v) is 6.75. The molecule has 0 spiro atoms. The molecule has 1 N–H and O–H groups in total. The van der Waals surface area contributed by atoms with E-state index in [1.54, 1.807) is 0 Å². The van der Waals surface area contributed by atoms with Gasteiger partial charge < -0.3 is 14.3 Å². The van der Waals surface area contributed by atoms with E-state index in [-0.39, 0.29) is 6.04 Å². The molecule has 5 nitrogen and oxygen atoms in total. The van der Waals surface area contributed by atoms with Crippen LogP contribution in [0.2, 0.25) is 0 Å². The molecule has 0 saturated heterocycles. The Morgan fingerprint density at radius 3 is 2.62 bits per heavy atom. The standard InChI is InChI=1S/C29H22N4O/c1-4-11-25-19(7-1)17-26(34-25)29-28-22(21-8-2-3-10-24(21)32-28)14-16-33(29)27-13-12-20(18-31-27)23-9-5-6-15-30-23/h1-13,15,17-18,29,32H,14,16H2. The van der Waals surface area contributed by atoms with Gasteiger partial charge in [0.1, 0.15) is 23.2 Å². The average molecular weight is 443 g/mol. The Hall–Kier alpha value is -4.38. The van der Waals surface area contributed by atoms with Crippen molar-refractivity contribution >= 4 is 27.7 Å². The molecule has 0 bridgehead atoms. The summed E-state index contributed by atoms with van der Waals surface area (Å²) < 4.78 is 6.41. The first-order valence-corrected chi connectivity index (χ1v) is 11.6. The van der Waals surface area contributed by atoms with E-state index in [4.69, 9.17) is 9.40 Å². The summed E-state index contributed by atoms with van der Waals surface area (Å²) in [6.07, 6.45) is 4.66. The molecule has 0 radical (unpaired) electrons. The number of fused-ring (bicyclic) bond motifs is 4. The van der Waals surface area contributed by atoms with Crippen LogP contribution in [0, 0.1) is 0 Å². The van der Waals surface area contributed by atoms with E-state index in [2.05, 4.69) is 63.4 Å². The fourth-order valence-electron chi connectivity index (χ4n) is 5.16. The number of rotatable bonds is 3. The van der Waals surface area contributed by atoms with Gasteiger partial charge in [0.15, 0.2) is 0 Å². The number of H-pyrrole nitrogens is 1. The average Bonchev–Trinajstić information content (AvgIpc) is 3.50. The quantitative estimate of drug-likeness (QED) is 0.339. The SMILES string of the molecule is c1ccc(-c2ccc(N3CCc4c([nH]c5ccccc45)C3c3cc4ccccc4o3)nc2)nc1. The molecular weight excluding hydrogens is 420 g/mol. The lowest BCUT2D eigenvalue weighted by molar-refractivity contribution is 0.487. The molecule has 2 aromatic carbocycles. The number of pyridine rings is 2. The minimum Gasteiger partial charge on any atom is -0.458 e. The van der Waals surface area contributed by atoms with E-state index in [1.165, 1.54) is 16.6 Å². The Kier molecular flexibility index (Phi) is 4.27. The maximum atomic E-state index is 6.41. The van der Waals surface area contributed by atoms with E-state index in [0.29, 0.717) is 0 Å². The van der Waals surface area contributed by atoms with Crippen LogP contribution < -0.4 is 4.90 Å². The molecule has 0 saturated carbocycles. The first kappa shape index (κ1) is 19.1. The summed E-state index contributed by atoms with van der Waals surface area (Å²) in [5.74, 6) is 1.85. The zero-order valence-electron chi connectivity index (χ0n) is 18.5. The normalized spacial score (nSPS) is 15.6. The molecule has 164 valence electrons. The highest BCUT2D eigenvalue weighted by molar-refractivity contribution is 5.86. The van der Waals surface area contributed by atoms with Crippen molar-refractivity contribution in [1.29, 1.82) is 0 Å². The summed E-state index contributed by atoms with van der Waals surface area (Å²) in [6.45, 7) is 0.854. The van der Waals surface area contributed by atoms with Crippen molar-refractivity contribution in [2.75, 3.05) is 11.4 Å². The number of anilines is 1. The van der Waals surface area contributed by atoms with E-state index >= 15 is 0 Å². The van der Waals surface area contributed by atoms with Crippen LogP contribution in [0.15, 0.2) is 102 Å². The minimum atomic E-state index is -0.0863. The van der Waals surface area contributed by atoms with Gasteiger partial charge in [0.2, 0.25) is 0 Å². The van der Waals surface area contributed by atoms with Crippen LogP contribution in [0.25, 0.3) is 33.1 Å². The lowest BCUT2D eigenvalue weighted by Gasteiger charge is -2.35.